The maximum atomic E-state index is 12.2. The molecule has 1 aliphatic heterocycles. The molecule has 25 heavy (non-hydrogen) atoms. The van der Waals surface area contributed by atoms with Crippen LogP contribution in [0, 0.1) is 0 Å². The molecule has 0 saturated heterocycles. The standard InChI is InChI=1S/C21H18N2O2/c24-21-18-8-4-5-9-19(18)22-20(23-21)16-10-12-17(13-11-16)25-14-15-6-2-1-3-7-15/h1-13,20,22H,14H2,(H,23,24)/t20-/m1/s1. The second-order valence-corrected chi connectivity index (χ2v) is 5.94. The average molecular weight is 330 g/mol. The second-order valence-electron chi connectivity index (χ2n) is 5.94. The van der Waals surface area contributed by atoms with Gasteiger partial charge in [-0.05, 0) is 35.4 Å². The quantitative estimate of drug-likeness (QED) is 0.756. The van der Waals surface area contributed by atoms with Crippen molar-refractivity contribution < 1.29 is 9.53 Å². The van der Waals surface area contributed by atoms with Crippen LogP contribution in [0.5, 0.6) is 5.75 Å². The van der Waals surface area contributed by atoms with Crippen LogP contribution in [0.2, 0.25) is 0 Å². The van der Waals surface area contributed by atoms with E-state index in [9.17, 15) is 4.79 Å². The van der Waals surface area contributed by atoms with Crippen LogP contribution in [0.3, 0.4) is 0 Å². The Labute approximate surface area is 146 Å². The highest BCUT2D eigenvalue weighted by molar-refractivity contribution is 6.01. The van der Waals surface area contributed by atoms with Crippen LogP contribution in [0.4, 0.5) is 5.69 Å². The van der Waals surface area contributed by atoms with Gasteiger partial charge in [-0.25, -0.2) is 0 Å². The van der Waals surface area contributed by atoms with Gasteiger partial charge in [-0.3, -0.25) is 4.79 Å². The maximum Gasteiger partial charge on any atom is 0.255 e. The van der Waals surface area contributed by atoms with E-state index in [1.165, 1.54) is 0 Å². The van der Waals surface area contributed by atoms with Gasteiger partial charge in [0.2, 0.25) is 0 Å². The molecule has 1 heterocycles. The summed E-state index contributed by atoms with van der Waals surface area (Å²) in [7, 11) is 0. The molecule has 0 fully saturated rings. The second kappa shape index (κ2) is 6.69. The predicted molar refractivity (Wildman–Crippen MR) is 97.5 cm³/mol. The molecular formula is C21H18N2O2. The molecule has 4 rings (SSSR count). The first-order chi connectivity index (χ1) is 12.3. The Morgan fingerprint density at radius 1 is 0.800 bits per heavy atom. The molecule has 3 aromatic rings. The fourth-order valence-electron chi connectivity index (χ4n) is 2.87. The summed E-state index contributed by atoms with van der Waals surface area (Å²) < 4.78 is 5.80. The average Bonchev–Trinajstić information content (AvgIpc) is 2.68. The van der Waals surface area contributed by atoms with Gasteiger partial charge in [-0.1, -0.05) is 54.6 Å². The van der Waals surface area contributed by atoms with Gasteiger partial charge in [0.05, 0.1) is 5.56 Å². The predicted octanol–water partition coefficient (Wildman–Crippen LogP) is 4.12. The summed E-state index contributed by atoms with van der Waals surface area (Å²) in [5.41, 5.74) is 3.63. The molecule has 0 radical (unpaired) electrons. The molecule has 0 spiro atoms. The molecule has 4 heteroatoms. The topological polar surface area (TPSA) is 50.4 Å². The van der Waals surface area contributed by atoms with Gasteiger partial charge in [-0.15, -0.1) is 0 Å². The Bertz CT molecular complexity index is 876. The monoisotopic (exact) mass is 330 g/mol. The SMILES string of the molecule is O=C1N[C@H](c2ccc(OCc3ccccc3)cc2)Nc2ccccc21. The zero-order valence-corrected chi connectivity index (χ0v) is 13.6. The molecule has 124 valence electrons. The van der Waals surface area contributed by atoms with Crippen molar-refractivity contribution in [1.82, 2.24) is 5.32 Å². The minimum Gasteiger partial charge on any atom is -0.489 e. The minimum absolute atomic E-state index is 0.0660. The van der Waals surface area contributed by atoms with Crippen LogP contribution >= 0.6 is 0 Å². The fourth-order valence-corrected chi connectivity index (χ4v) is 2.87. The van der Waals surface area contributed by atoms with Gasteiger partial charge in [0.15, 0.2) is 0 Å². The molecule has 0 bridgehead atoms. The number of hydrogen-bond donors (Lipinski definition) is 2. The minimum atomic E-state index is -0.245. The van der Waals surface area contributed by atoms with E-state index in [0.29, 0.717) is 12.2 Å². The summed E-state index contributed by atoms with van der Waals surface area (Å²) in [5, 5.41) is 6.32. The first-order valence-corrected chi connectivity index (χ1v) is 8.23. The molecule has 3 aromatic carbocycles. The number of hydrogen-bond acceptors (Lipinski definition) is 3. The first-order valence-electron chi connectivity index (χ1n) is 8.23. The van der Waals surface area contributed by atoms with E-state index in [-0.39, 0.29) is 12.1 Å². The third-order valence-electron chi connectivity index (χ3n) is 4.21. The van der Waals surface area contributed by atoms with Crippen molar-refractivity contribution in [3.05, 3.63) is 95.6 Å². The summed E-state index contributed by atoms with van der Waals surface area (Å²) in [6.45, 7) is 0.534. The lowest BCUT2D eigenvalue weighted by molar-refractivity contribution is 0.0935. The van der Waals surface area contributed by atoms with Gasteiger partial charge in [0, 0.05) is 5.69 Å². The lowest BCUT2D eigenvalue weighted by Gasteiger charge is -2.28. The number of amides is 1. The van der Waals surface area contributed by atoms with Crippen molar-refractivity contribution in [2.24, 2.45) is 0 Å². The van der Waals surface area contributed by atoms with E-state index in [1.54, 1.807) is 0 Å². The Morgan fingerprint density at radius 2 is 1.52 bits per heavy atom. The Morgan fingerprint density at radius 3 is 2.32 bits per heavy atom. The summed E-state index contributed by atoms with van der Waals surface area (Å²) in [5.74, 6) is 0.735. The van der Waals surface area contributed by atoms with Crippen molar-refractivity contribution in [3.63, 3.8) is 0 Å². The third-order valence-corrected chi connectivity index (χ3v) is 4.21. The summed E-state index contributed by atoms with van der Waals surface area (Å²) in [6.07, 6.45) is -0.245. The van der Waals surface area contributed by atoms with Crippen LogP contribution in [0.25, 0.3) is 0 Å². The van der Waals surface area contributed by atoms with Crippen molar-refractivity contribution >= 4 is 11.6 Å². The number of carbonyl (C=O) groups is 1. The number of ether oxygens (including phenoxy) is 1. The number of carbonyl (C=O) groups excluding carboxylic acids is 1. The lowest BCUT2D eigenvalue weighted by Crippen LogP contribution is -2.38. The van der Waals surface area contributed by atoms with E-state index in [0.717, 1.165) is 22.6 Å². The number of nitrogens with one attached hydrogen (secondary N) is 2. The van der Waals surface area contributed by atoms with Crippen molar-refractivity contribution in [1.29, 1.82) is 0 Å². The highest BCUT2D eigenvalue weighted by atomic mass is 16.5. The zero-order chi connectivity index (χ0) is 17.1. The van der Waals surface area contributed by atoms with Crippen LogP contribution in [0.15, 0.2) is 78.9 Å². The summed E-state index contributed by atoms with van der Waals surface area (Å²) >= 11 is 0. The molecule has 4 nitrogen and oxygen atoms in total. The van der Waals surface area contributed by atoms with E-state index in [4.69, 9.17) is 4.74 Å². The molecule has 1 aliphatic rings. The Kier molecular flexibility index (Phi) is 4.09. The van der Waals surface area contributed by atoms with Crippen LogP contribution in [-0.2, 0) is 6.61 Å². The molecule has 0 aromatic heterocycles. The van der Waals surface area contributed by atoms with E-state index < -0.39 is 0 Å². The van der Waals surface area contributed by atoms with Gasteiger partial charge in [-0.2, -0.15) is 0 Å². The Hall–Kier alpha value is -3.27. The van der Waals surface area contributed by atoms with Crippen LogP contribution < -0.4 is 15.4 Å². The highest BCUT2D eigenvalue weighted by Gasteiger charge is 2.23. The highest BCUT2D eigenvalue weighted by Crippen LogP contribution is 2.27. The molecular weight excluding hydrogens is 312 g/mol. The molecule has 0 aliphatic carbocycles. The van der Waals surface area contributed by atoms with E-state index in [2.05, 4.69) is 10.6 Å². The van der Waals surface area contributed by atoms with Gasteiger partial charge in [0.1, 0.15) is 18.5 Å². The number of rotatable bonds is 4. The van der Waals surface area contributed by atoms with Gasteiger partial charge in [0.25, 0.3) is 5.91 Å². The summed E-state index contributed by atoms with van der Waals surface area (Å²) in [6, 6.07) is 25.3. The number of benzene rings is 3. The molecule has 0 unspecified atom stereocenters. The van der Waals surface area contributed by atoms with Crippen molar-refractivity contribution in [3.8, 4) is 5.75 Å². The molecule has 2 N–H and O–H groups in total. The lowest BCUT2D eigenvalue weighted by atomic mass is 10.1. The third kappa shape index (κ3) is 3.33. The van der Waals surface area contributed by atoms with Crippen molar-refractivity contribution in [2.75, 3.05) is 5.32 Å². The normalized spacial score (nSPS) is 15.7. The number of fused-ring (bicyclic) bond motifs is 1. The first kappa shape index (κ1) is 15.3. The molecule has 0 saturated carbocycles. The van der Waals surface area contributed by atoms with E-state index in [1.807, 2.05) is 78.9 Å². The van der Waals surface area contributed by atoms with Gasteiger partial charge < -0.3 is 15.4 Å². The zero-order valence-electron chi connectivity index (χ0n) is 13.6. The fraction of sp³-hybridized carbons (Fsp3) is 0.0952. The number of para-hydroxylation sites is 1. The van der Waals surface area contributed by atoms with Crippen LogP contribution in [0.1, 0.15) is 27.7 Å². The smallest absolute Gasteiger partial charge is 0.255 e. The van der Waals surface area contributed by atoms with Gasteiger partial charge >= 0.3 is 0 Å². The summed E-state index contributed by atoms with van der Waals surface area (Å²) in [4.78, 5) is 12.2. The van der Waals surface area contributed by atoms with Crippen LogP contribution in [-0.4, -0.2) is 5.91 Å². The largest absolute Gasteiger partial charge is 0.489 e. The van der Waals surface area contributed by atoms with E-state index >= 15 is 0 Å². The molecule has 1 amide bonds. The number of anilines is 1. The maximum absolute atomic E-state index is 12.2. The van der Waals surface area contributed by atoms with Crippen molar-refractivity contribution in [2.45, 2.75) is 12.8 Å². The Balaban J connectivity index is 1.45. The molecule has 1 atom stereocenters.